The fourth-order valence-corrected chi connectivity index (χ4v) is 2.19. The van der Waals surface area contributed by atoms with Crippen LogP contribution in [0, 0.1) is 0 Å². The predicted molar refractivity (Wildman–Crippen MR) is 59.5 cm³/mol. The van der Waals surface area contributed by atoms with E-state index in [0.29, 0.717) is 12.6 Å². The predicted octanol–water partition coefficient (Wildman–Crippen LogP) is 0.753. The number of carbonyl (C=O) groups is 1. The van der Waals surface area contributed by atoms with Gasteiger partial charge < -0.3 is 15.4 Å². The molecule has 88 valence electrons. The highest BCUT2D eigenvalue weighted by molar-refractivity contribution is 5.77. The van der Waals surface area contributed by atoms with Crippen molar-refractivity contribution in [1.82, 2.24) is 4.90 Å². The van der Waals surface area contributed by atoms with Crippen molar-refractivity contribution in [3.8, 4) is 0 Å². The zero-order chi connectivity index (χ0) is 11.1. The second kappa shape index (κ2) is 6.80. The monoisotopic (exact) mass is 214 g/mol. The summed E-state index contributed by atoms with van der Waals surface area (Å²) >= 11 is 0. The Morgan fingerprint density at radius 3 is 2.67 bits per heavy atom. The molecule has 1 amide bonds. The summed E-state index contributed by atoms with van der Waals surface area (Å²) in [6, 6.07) is 0.430. The summed E-state index contributed by atoms with van der Waals surface area (Å²) < 4.78 is 4.90. The summed E-state index contributed by atoms with van der Waals surface area (Å²) in [6.45, 7) is 1.62. The Balaban J connectivity index is 2.46. The molecule has 1 saturated carbocycles. The summed E-state index contributed by atoms with van der Waals surface area (Å²) in [6.07, 6.45) is 5.64. The molecule has 4 nitrogen and oxygen atoms in total. The zero-order valence-electron chi connectivity index (χ0n) is 9.58. The Kier molecular flexibility index (Phi) is 5.65. The molecule has 0 aromatic heterocycles. The van der Waals surface area contributed by atoms with Crippen molar-refractivity contribution in [3.63, 3.8) is 0 Å². The van der Waals surface area contributed by atoms with E-state index in [4.69, 9.17) is 10.5 Å². The first-order valence-electron chi connectivity index (χ1n) is 5.78. The number of amides is 1. The number of nitrogens with zero attached hydrogens (tertiary/aromatic N) is 1. The number of hydrogen-bond acceptors (Lipinski definition) is 3. The Labute approximate surface area is 91.8 Å². The van der Waals surface area contributed by atoms with Gasteiger partial charge in [0.2, 0.25) is 5.91 Å². The summed E-state index contributed by atoms with van der Waals surface area (Å²) in [7, 11) is 1.56. The van der Waals surface area contributed by atoms with E-state index in [1.165, 1.54) is 12.8 Å². The summed E-state index contributed by atoms with van der Waals surface area (Å²) in [5.74, 6) is 0.109. The van der Waals surface area contributed by atoms with Crippen molar-refractivity contribution in [2.75, 3.05) is 26.8 Å². The van der Waals surface area contributed by atoms with E-state index >= 15 is 0 Å². The fourth-order valence-electron chi connectivity index (χ4n) is 2.19. The largest absolute Gasteiger partial charge is 0.375 e. The third kappa shape index (κ3) is 3.80. The van der Waals surface area contributed by atoms with Gasteiger partial charge in [0.1, 0.15) is 6.61 Å². The van der Waals surface area contributed by atoms with E-state index in [1.807, 2.05) is 4.90 Å². The van der Waals surface area contributed by atoms with Crippen LogP contribution in [0.1, 0.15) is 32.1 Å². The number of rotatable bonds is 6. The van der Waals surface area contributed by atoms with Crippen LogP contribution in [0.25, 0.3) is 0 Å². The summed E-state index contributed by atoms with van der Waals surface area (Å²) in [4.78, 5) is 13.8. The average Bonchev–Trinajstić information content (AvgIpc) is 2.72. The average molecular weight is 214 g/mol. The number of nitrogens with two attached hydrogens (primary N) is 1. The lowest BCUT2D eigenvalue weighted by Gasteiger charge is -2.28. The highest BCUT2D eigenvalue weighted by Gasteiger charge is 2.25. The Hall–Kier alpha value is -0.610. The van der Waals surface area contributed by atoms with Crippen LogP contribution >= 0.6 is 0 Å². The normalized spacial score (nSPS) is 16.9. The molecule has 0 atom stereocenters. The lowest BCUT2D eigenvalue weighted by atomic mass is 10.2. The van der Waals surface area contributed by atoms with Crippen LogP contribution < -0.4 is 5.73 Å². The van der Waals surface area contributed by atoms with Crippen LogP contribution in [0.2, 0.25) is 0 Å². The first kappa shape index (κ1) is 12.5. The second-order valence-corrected chi connectivity index (χ2v) is 4.10. The van der Waals surface area contributed by atoms with Crippen molar-refractivity contribution in [3.05, 3.63) is 0 Å². The van der Waals surface area contributed by atoms with Crippen molar-refractivity contribution >= 4 is 5.91 Å². The molecule has 1 fully saturated rings. The molecule has 0 saturated heterocycles. The van der Waals surface area contributed by atoms with Crippen LogP contribution in [0.5, 0.6) is 0 Å². The van der Waals surface area contributed by atoms with Crippen LogP contribution in [0.3, 0.4) is 0 Å². The molecule has 0 heterocycles. The van der Waals surface area contributed by atoms with E-state index < -0.39 is 0 Å². The van der Waals surface area contributed by atoms with Crippen molar-refractivity contribution < 1.29 is 9.53 Å². The molecule has 1 aliphatic carbocycles. The van der Waals surface area contributed by atoms with Gasteiger partial charge in [-0.05, 0) is 25.8 Å². The van der Waals surface area contributed by atoms with Crippen LogP contribution in [-0.2, 0) is 9.53 Å². The van der Waals surface area contributed by atoms with Gasteiger partial charge in [0.25, 0.3) is 0 Å². The molecule has 0 bridgehead atoms. The first-order chi connectivity index (χ1) is 7.29. The van der Waals surface area contributed by atoms with Gasteiger partial charge in [0.15, 0.2) is 0 Å². The van der Waals surface area contributed by atoms with Gasteiger partial charge in [-0.15, -0.1) is 0 Å². The zero-order valence-corrected chi connectivity index (χ0v) is 9.58. The van der Waals surface area contributed by atoms with Gasteiger partial charge in [0.05, 0.1) is 0 Å². The van der Waals surface area contributed by atoms with Crippen molar-refractivity contribution in [2.24, 2.45) is 5.73 Å². The minimum atomic E-state index is 0.109. The molecule has 0 aromatic rings. The first-order valence-corrected chi connectivity index (χ1v) is 5.78. The smallest absolute Gasteiger partial charge is 0.248 e. The topological polar surface area (TPSA) is 55.6 Å². The quantitative estimate of drug-likeness (QED) is 0.710. The lowest BCUT2D eigenvalue weighted by molar-refractivity contribution is -0.137. The summed E-state index contributed by atoms with van der Waals surface area (Å²) in [5, 5.41) is 0. The third-order valence-electron chi connectivity index (χ3n) is 2.96. The molecule has 1 rings (SSSR count). The number of methoxy groups -OCH3 is 1. The molecule has 0 aliphatic heterocycles. The van der Waals surface area contributed by atoms with Crippen molar-refractivity contribution in [2.45, 2.75) is 38.1 Å². The molecule has 0 aromatic carbocycles. The van der Waals surface area contributed by atoms with E-state index in [0.717, 1.165) is 25.8 Å². The number of ether oxygens (including phenoxy) is 1. The van der Waals surface area contributed by atoms with Gasteiger partial charge in [-0.25, -0.2) is 0 Å². The standard InChI is InChI=1S/C11H22N2O2/c1-15-9-11(14)13(8-4-7-12)10-5-2-3-6-10/h10H,2-9,12H2,1H3. The SMILES string of the molecule is COCC(=O)N(CCCN)C1CCCC1. The van der Waals surface area contributed by atoms with E-state index in [-0.39, 0.29) is 12.5 Å². The minimum Gasteiger partial charge on any atom is -0.375 e. The van der Waals surface area contributed by atoms with Gasteiger partial charge in [0, 0.05) is 19.7 Å². The van der Waals surface area contributed by atoms with Gasteiger partial charge in [-0.3, -0.25) is 4.79 Å². The molecule has 0 radical (unpaired) electrons. The fraction of sp³-hybridized carbons (Fsp3) is 0.909. The molecule has 0 spiro atoms. The van der Waals surface area contributed by atoms with Crippen molar-refractivity contribution in [1.29, 1.82) is 0 Å². The minimum absolute atomic E-state index is 0.109. The molecule has 0 unspecified atom stereocenters. The third-order valence-corrected chi connectivity index (χ3v) is 2.96. The van der Waals surface area contributed by atoms with E-state index in [1.54, 1.807) is 7.11 Å². The Bertz CT molecular complexity index is 191. The Morgan fingerprint density at radius 2 is 2.13 bits per heavy atom. The molecule has 2 N–H and O–H groups in total. The van der Waals surface area contributed by atoms with Gasteiger partial charge in [-0.1, -0.05) is 12.8 Å². The lowest BCUT2D eigenvalue weighted by Crippen LogP contribution is -2.42. The van der Waals surface area contributed by atoms with E-state index in [2.05, 4.69) is 0 Å². The van der Waals surface area contributed by atoms with Gasteiger partial charge >= 0.3 is 0 Å². The molecular weight excluding hydrogens is 192 g/mol. The molecule has 1 aliphatic rings. The molecule has 15 heavy (non-hydrogen) atoms. The van der Waals surface area contributed by atoms with Gasteiger partial charge in [-0.2, -0.15) is 0 Å². The highest BCUT2D eigenvalue weighted by Crippen LogP contribution is 2.23. The maximum absolute atomic E-state index is 11.8. The van der Waals surface area contributed by atoms with Crippen LogP contribution in [0.4, 0.5) is 0 Å². The highest BCUT2D eigenvalue weighted by atomic mass is 16.5. The number of carbonyl (C=O) groups excluding carboxylic acids is 1. The van der Waals surface area contributed by atoms with E-state index in [9.17, 15) is 4.79 Å². The second-order valence-electron chi connectivity index (χ2n) is 4.10. The maximum atomic E-state index is 11.8. The Morgan fingerprint density at radius 1 is 1.47 bits per heavy atom. The molecule has 4 heteroatoms. The maximum Gasteiger partial charge on any atom is 0.248 e. The molecular formula is C11H22N2O2. The summed E-state index contributed by atoms with van der Waals surface area (Å²) in [5.41, 5.74) is 5.48. The van der Waals surface area contributed by atoms with Crippen LogP contribution in [-0.4, -0.2) is 43.7 Å². The van der Waals surface area contributed by atoms with Crippen LogP contribution in [0.15, 0.2) is 0 Å². The number of hydrogen-bond donors (Lipinski definition) is 1.